The molecule has 0 radical (unpaired) electrons. The van der Waals surface area contributed by atoms with Crippen LogP contribution in [0.4, 0.5) is 0 Å². The fraction of sp³-hybridized carbons (Fsp3) is 0.833. The second kappa shape index (κ2) is 6.59. The van der Waals surface area contributed by atoms with Gasteiger partial charge in [-0.1, -0.05) is 19.3 Å². The van der Waals surface area contributed by atoms with E-state index < -0.39 is 11.1 Å². The SMILES string of the molecule is CC(C)(C)OC(=O)C1(N)CCCCC1.O=CO. The predicted molar refractivity (Wildman–Crippen MR) is 64.5 cm³/mol. The zero-order valence-electron chi connectivity index (χ0n) is 10.9. The van der Waals surface area contributed by atoms with Crippen LogP contribution < -0.4 is 5.73 Å². The average molecular weight is 245 g/mol. The summed E-state index contributed by atoms with van der Waals surface area (Å²) in [5, 5.41) is 6.89. The summed E-state index contributed by atoms with van der Waals surface area (Å²) < 4.78 is 5.32. The third-order valence-electron chi connectivity index (χ3n) is 2.55. The number of nitrogens with two attached hydrogens (primary N) is 1. The van der Waals surface area contributed by atoms with Crippen molar-refractivity contribution in [1.29, 1.82) is 0 Å². The molecule has 1 aliphatic carbocycles. The van der Waals surface area contributed by atoms with E-state index in [1.165, 1.54) is 6.42 Å². The van der Waals surface area contributed by atoms with Crippen LogP contribution in [0.15, 0.2) is 0 Å². The van der Waals surface area contributed by atoms with Gasteiger partial charge in [-0.2, -0.15) is 0 Å². The van der Waals surface area contributed by atoms with E-state index in [1.807, 2.05) is 20.8 Å². The number of carbonyl (C=O) groups is 2. The zero-order valence-corrected chi connectivity index (χ0v) is 10.9. The lowest BCUT2D eigenvalue weighted by Gasteiger charge is -2.33. The number of hydrogen-bond donors (Lipinski definition) is 2. The highest BCUT2D eigenvalue weighted by Crippen LogP contribution is 2.28. The fourth-order valence-corrected chi connectivity index (χ4v) is 1.77. The molecular weight excluding hydrogens is 222 g/mol. The van der Waals surface area contributed by atoms with E-state index >= 15 is 0 Å². The third kappa shape index (κ3) is 6.26. The van der Waals surface area contributed by atoms with Crippen LogP contribution in [0, 0.1) is 0 Å². The molecule has 0 aromatic carbocycles. The molecule has 100 valence electrons. The Bertz CT molecular complexity index is 252. The first-order valence-corrected chi connectivity index (χ1v) is 5.85. The molecule has 0 atom stereocenters. The monoisotopic (exact) mass is 245 g/mol. The fourth-order valence-electron chi connectivity index (χ4n) is 1.77. The molecule has 0 heterocycles. The van der Waals surface area contributed by atoms with E-state index in [0.29, 0.717) is 0 Å². The summed E-state index contributed by atoms with van der Waals surface area (Å²) in [4.78, 5) is 20.1. The quantitative estimate of drug-likeness (QED) is 0.542. The van der Waals surface area contributed by atoms with Gasteiger partial charge in [0.15, 0.2) is 0 Å². The third-order valence-corrected chi connectivity index (χ3v) is 2.55. The number of ether oxygens (including phenoxy) is 1. The van der Waals surface area contributed by atoms with Gasteiger partial charge in [0.25, 0.3) is 6.47 Å². The maximum absolute atomic E-state index is 11.8. The Labute approximate surface area is 102 Å². The largest absolute Gasteiger partial charge is 0.483 e. The molecule has 0 unspecified atom stereocenters. The Morgan fingerprint density at radius 3 is 2.06 bits per heavy atom. The lowest BCUT2D eigenvalue weighted by Crippen LogP contribution is -2.52. The number of carbonyl (C=O) groups excluding carboxylic acids is 1. The average Bonchev–Trinajstić information content (AvgIpc) is 2.17. The Balaban J connectivity index is 0.000000770. The molecule has 0 aliphatic heterocycles. The number of rotatable bonds is 1. The summed E-state index contributed by atoms with van der Waals surface area (Å²) in [7, 11) is 0. The highest BCUT2D eigenvalue weighted by Gasteiger charge is 2.38. The second-order valence-electron chi connectivity index (χ2n) is 5.32. The molecule has 0 spiro atoms. The van der Waals surface area contributed by atoms with Crippen molar-refractivity contribution in [3.8, 4) is 0 Å². The van der Waals surface area contributed by atoms with E-state index in [0.717, 1.165) is 25.7 Å². The first-order chi connectivity index (χ1) is 7.75. The van der Waals surface area contributed by atoms with Crippen LogP contribution in [0.25, 0.3) is 0 Å². The molecule has 0 bridgehead atoms. The zero-order chi connectivity index (χ0) is 13.5. The van der Waals surface area contributed by atoms with Gasteiger partial charge in [0.2, 0.25) is 0 Å². The van der Waals surface area contributed by atoms with Gasteiger partial charge in [-0.25, -0.2) is 0 Å². The van der Waals surface area contributed by atoms with Gasteiger partial charge in [0.05, 0.1) is 0 Å². The molecule has 0 aromatic heterocycles. The van der Waals surface area contributed by atoms with Gasteiger partial charge >= 0.3 is 5.97 Å². The van der Waals surface area contributed by atoms with Crippen molar-refractivity contribution >= 4 is 12.4 Å². The topological polar surface area (TPSA) is 89.6 Å². The van der Waals surface area contributed by atoms with Crippen LogP contribution in [0.3, 0.4) is 0 Å². The van der Waals surface area contributed by atoms with Gasteiger partial charge in [-0.15, -0.1) is 0 Å². The smallest absolute Gasteiger partial charge is 0.326 e. The number of carboxylic acid groups (broad SMARTS) is 1. The van der Waals surface area contributed by atoms with Gasteiger partial charge < -0.3 is 15.6 Å². The molecule has 17 heavy (non-hydrogen) atoms. The minimum Gasteiger partial charge on any atom is -0.483 e. The number of esters is 1. The maximum Gasteiger partial charge on any atom is 0.326 e. The summed E-state index contributed by atoms with van der Waals surface area (Å²) in [6.45, 7) is 5.37. The molecule has 1 fully saturated rings. The first kappa shape index (κ1) is 15.9. The predicted octanol–water partition coefficient (Wildman–Crippen LogP) is 1.69. The summed E-state index contributed by atoms with van der Waals surface area (Å²) in [6.07, 6.45) is 4.79. The minimum atomic E-state index is -0.717. The van der Waals surface area contributed by atoms with E-state index in [2.05, 4.69) is 0 Å². The Hall–Kier alpha value is -1.10. The summed E-state index contributed by atoms with van der Waals surface area (Å²) in [6, 6.07) is 0. The van der Waals surface area contributed by atoms with E-state index in [9.17, 15) is 4.79 Å². The van der Waals surface area contributed by atoms with Crippen LogP contribution in [0.1, 0.15) is 52.9 Å². The molecule has 0 amide bonds. The van der Waals surface area contributed by atoms with Gasteiger partial charge in [0.1, 0.15) is 11.1 Å². The lowest BCUT2D eigenvalue weighted by atomic mass is 9.82. The van der Waals surface area contributed by atoms with Crippen LogP contribution in [0.2, 0.25) is 0 Å². The normalized spacial score (nSPS) is 18.6. The molecule has 1 saturated carbocycles. The molecule has 1 aliphatic rings. The van der Waals surface area contributed by atoms with Crippen LogP contribution >= 0.6 is 0 Å². The van der Waals surface area contributed by atoms with Crippen molar-refractivity contribution < 1.29 is 19.4 Å². The Kier molecular flexibility index (Phi) is 6.16. The van der Waals surface area contributed by atoms with Crippen molar-refractivity contribution in [3.05, 3.63) is 0 Å². The maximum atomic E-state index is 11.8. The van der Waals surface area contributed by atoms with Gasteiger partial charge in [0, 0.05) is 0 Å². The van der Waals surface area contributed by atoms with Gasteiger partial charge in [-0.05, 0) is 33.6 Å². The van der Waals surface area contributed by atoms with Crippen molar-refractivity contribution in [2.24, 2.45) is 5.73 Å². The van der Waals surface area contributed by atoms with Crippen molar-refractivity contribution in [2.75, 3.05) is 0 Å². The van der Waals surface area contributed by atoms with E-state index in [4.69, 9.17) is 20.4 Å². The molecule has 5 nitrogen and oxygen atoms in total. The molecule has 0 aromatic rings. The number of hydrogen-bond acceptors (Lipinski definition) is 4. The molecular formula is C12H23NO4. The van der Waals surface area contributed by atoms with Crippen molar-refractivity contribution in [3.63, 3.8) is 0 Å². The molecule has 1 rings (SSSR count). The van der Waals surface area contributed by atoms with Gasteiger partial charge in [-0.3, -0.25) is 9.59 Å². The van der Waals surface area contributed by atoms with E-state index in [-0.39, 0.29) is 12.4 Å². The van der Waals surface area contributed by atoms with Crippen LogP contribution in [0.5, 0.6) is 0 Å². The molecule has 5 heteroatoms. The van der Waals surface area contributed by atoms with Crippen LogP contribution in [-0.4, -0.2) is 28.7 Å². The summed E-state index contributed by atoms with van der Waals surface area (Å²) in [5.41, 5.74) is 4.89. The van der Waals surface area contributed by atoms with Crippen molar-refractivity contribution in [1.82, 2.24) is 0 Å². The highest BCUT2D eigenvalue weighted by molar-refractivity contribution is 5.81. The van der Waals surface area contributed by atoms with Crippen LogP contribution in [-0.2, 0) is 14.3 Å². The summed E-state index contributed by atoms with van der Waals surface area (Å²) in [5.74, 6) is -0.232. The highest BCUT2D eigenvalue weighted by atomic mass is 16.6. The Morgan fingerprint density at radius 1 is 1.29 bits per heavy atom. The first-order valence-electron chi connectivity index (χ1n) is 5.85. The molecule has 3 N–H and O–H groups in total. The standard InChI is InChI=1S/C11H21NO2.CH2O2/c1-10(2,3)14-9(13)11(12)7-5-4-6-8-11;2-1-3/h4-8,12H2,1-3H3;1H,(H,2,3). The Morgan fingerprint density at radius 2 is 1.71 bits per heavy atom. The van der Waals surface area contributed by atoms with E-state index in [1.54, 1.807) is 0 Å². The second-order valence-corrected chi connectivity index (χ2v) is 5.32. The lowest BCUT2D eigenvalue weighted by molar-refractivity contribution is -0.163. The summed E-state index contributed by atoms with van der Waals surface area (Å²) >= 11 is 0. The minimum absolute atomic E-state index is 0.232. The van der Waals surface area contributed by atoms with Crippen molar-refractivity contribution in [2.45, 2.75) is 64.0 Å². The molecule has 0 saturated heterocycles.